The Hall–Kier alpha value is -3.19. The van der Waals surface area contributed by atoms with Crippen LogP contribution in [0.3, 0.4) is 0 Å². The number of benzene rings is 1. The predicted molar refractivity (Wildman–Crippen MR) is 134 cm³/mol. The first-order valence-corrected chi connectivity index (χ1v) is 11.6. The van der Waals surface area contributed by atoms with E-state index in [1.165, 1.54) is 0 Å². The third-order valence-corrected chi connectivity index (χ3v) is 6.60. The molecule has 6 nitrogen and oxygen atoms in total. The Morgan fingerprint density at radius 3 is 2.58 bits per heavy atom. The van der Waals surface area contributed by atoms with Gasteiger partial charge in [0, 0.05) is 29.8 Å². The van der Waals surface area contributed by atoms with E-state index in [-0.39, 0.29) is 17.6 Å². The molecule has 3 aromatic rings. The molecule has 3 heterocycles. The third kappa shape index (κ3) is 4.25. The van der Waals surface area contributed by atoms with Crippen molar-refractivity contribution in [2.75, 3.05) is 6.54 Å². The van der Waals surface area contributed by atoms with Crippen molar-refractivity contribution in [2.45, 2.75) is 46.7 Å². The van der Waals surface area contributed by atoms with Crippen LogP contribution in [0.15, 0.2) is 48.7 Å². The number of carbonyl (C=O) groups is 1. The molecule has 172 valence electrons. The molecule has 0 radical (unpaired) electrons. The standard InChI is InChI=1S/C26H30N4O2S/c1-15(2)14-29-24(23(28-26(29)33)21-8-6-7-11-27-21)20-12-17(4)30(18(20)5)22-13-19(25(31)32)10-9-16(22)3/h6-13,15,23-24H,14H2,1-5H3,(H,28,33)(H,31,32). The van der Waals surface area contributed by atoms with Gasteiger partial charge in [0.2, 0.25) is 0 Å². The van der Waals surface area contributed by atoms with Crippen LogP contribution in [0.2, 0.25) is 0 Å². The molecule has 33 heavy (non-hydrogen) atoms. The summed E-state index contributed by atoms with van der Waals surface area (Å²) in [4.78, 5) is 18.5. The molecule has 0 saturated carbocycles. The van der Waals surface area contributed by atoms with Gasteiger partial charge in [0.15, 0.2) is 5.11 Å². The molecule has 1 saturated heterocycles. The van der Waals surface area contributed by atoms with E-state index in [4.69, 9.17) is 12.2 Å². The Labute approximate surface area is 200 Å². The molecule has 1 aliphatic rings. The Morgan fingerprint density at radius 1 is 1.18 bits per heavy atom. The first kappa shape index (κ1) is 23.0. The molecule has 0 bridgehead atoms. The van der Waals surface area contributed by atoms with E-state index in [1.807, 2.05) is 37.4 Å². The predicted octanol–water partition coefficient (Wildman–Crippen LogP) is 5.12. The topological polar surface area (TPSA) is 70.4 Å². The van der Waals surface area contributed by atoms with E-state index in [0.717, 1.165) is 45.6 Å². The normalized spacial score (nSPS) is 18.1. The van der Waals surface area contributed by atoms with Crippen molar-refractivity contribution < 1.29 is 9.90 Å². The molecule has 1 aliphatic heterocycles. The second-order valence-corrected chi connectivity index (χ2v) is 9.53. The fourth-order valence-electron chi connectivity index (χ4n) is 4.78. The molecule has 2 aromatic heterocycles. The SMILES string of the molecule is Cc1ccc(C(=O)O)cc1-n1c(C)cc(C2C(c3ccccn3)NC(=S)N2CC(C)C)c1C. The summed E-state index contributed by atoms with van der Waals surface area (Å²) < 4.78 is 2.15. The Balaban J connectivity index is 1.87. The number of nitrogens with zero attached hydrogens (tertiary/aromatic N) is 3. The van der Waals surface area contributed by atoms with Gasteiger partial charge in [-0.2, -0.15) is 0 Å². The molecule has 0 spiro atoms. The van der Waals surface area contributed by atoms with Gasteiger partial charge in [0.05, 0.1) is 23.3 Å². The molecule has 2 N–H and O–H groups in total. The van der Waals surface area contributed by atoms with Crippen molar-refractivity contribution in [1.29, 1.82) is 0 Å². The zero-order valence-electron chi connectivity index (χ0n) is 19.7. The average Bonchev–Trinajstić information content (AvgIpc) is 3.24. The number of carboxylic acids is 1. The maximum atomic E-state index is 11.6. The van der Waals surface area contributed by atoms with Crippen molar-refractivity contribution in [3.05, 3.63) is 82.4 Å². The van der Waals surface area contributed by atoms with Gasteiger partial charge < -0.3 is 19.9 Å². The highest BCUT2D eigenvalue weighted by atomic mass is 32.1. The van der Waals surface area contributed by atoms with Crippen molar-refractivity contribution >= 4 is 23.3 Å². The van der Waals surface area contributed by atoms with Crippen LogP contribution in [-0.4, -0.2) is 37.2 Å². The summed E-state index contributed by atoms with van der Waals surface area (Å²) in [6.07, 6.45) is 1.81. The lowest BCUT2D eigenvalue weighted by Gasteiger charge is -2.29. The second kappa shape index (κ2) is 8.98. The third-order valence-electron chi connectivity index (χ3n) is 6.25. The van der Waals surface area contributed by atoms with E-state index in [9.17, 15) is 9.90 Å². The first-order chi connectivity index (χ1) is 15.7. The van der Waals surface area contributed by atoms with Crippen LogP contribution in [0.5, 0.6) is 0 Å². The molecule has 1 fully saturated rings. The second-order valence-electron chi connectivity index (χ2n) is 9.14. The van der Waals surface area contributed by atoms with Gasteiger partial charge in [-0.05, 0) is 80.4 Å². The van der Waals surface area contributed by atoms with Gasteiger partial charge >= 0.3 is 5.97 Å². The van der Waals surface area contributed by atoms with Crippen molar-refractivity contribution in [3.8, 4) is 5.69 Å². The number of carboxylic acid groups (broad SMARTS) is 1. The van der Waals surface area contributed by atoms with E-state index in [2.05, 4.69) is 53.5 Å². The Kier molecular flexibility index (Phi) is 6.26. The molecular weight excluding hydrogens is 432 g/mol. The molecule has 7 heteroatoms. The van der Waals surface area contributed by atoms with Gasteiger partial charge in [-0.1, -0.05) is 26.0 Å². The number of pyridine rings is 1. The number of rotatable bonds is 6. The van der Waals surface area contributed by atoms with Gasteiger partial charge in [-0.25, -0.2) is 4.79 Å². The number of thiocarbonyl (C=S) groups is 1. The van der Waals surface area contributed by atoms with E-state index < -0.39 is 5.97 Å². The molecule has 4 rings (SSSR count). The Bertz CT molecular complexity index is 1200. The number of aromatic nitrogens is 2. The fourth-order valence-corrected chi connectivity index (χ4v) is 5.09. The van der Waals surface area contributed by atoms with Crippen LogP contribution in [0.4, 0.5) is 0 Å². The van der Waals surface area contributed by atoms with Gasteiger partial charge in [-0.15, -0.1) is 0 Å². The van der Waals surface area contributed by atoms with Gasteiger partial charge in [0.1, 0.15) is 0 Å². The molecule has 0 aliphatic carbocycles. The summed E-state index contributed by atoms with van der Waals surface area (Å²) in [6.45, 7) is 11.4. The quantitative estimate of drug-likeness (QED) is 0.495. The highest BCUT2D eigenvalue weighted by molar-refractivity contribution is 7.80. The Morgan fingerprint density at radius 2 is 1.94 bits per heavy atom. The highest BCUT2D eigenvalue weighted by Crippen LogP contribution is 2.42. The largest absolute Gasteiger partial charge is 0.478 e. The minimum absolute atomic E-state index is 0.0160. The maximum absolute atomic E-state index is 11.6. The van der Waals surface area contributed by atoms with Crippen LogP contribution in [0, 0.1) is 26.7 Å². The molecule has 2 atom stereocenters. The van der Waals surface area contributed by atoms with Gasteiger partial charge in [-0.3, -0.25) is 4.98 Å². The van der Waals surface area contributed by atoms with Crippen molar-refractivity contribution in [2.24, 2.45) is 5.92 Å². The minimum atomic E-state index is -0.928. The number of aryl methyl sites for hydroxylation is 2. The fraction of sp³-hybridized carbons (Fsp3) is 0.346. The summed E-state index contributed by atoms with van der Waals surface area (Å²) in [5, 5.41) is 13.8. The molecule has 2 unspecified atom stereocenters. The van der Waals surface area contributed by atoms with Crippen molar-refractivity contribution in [1.82, 2.24) is 19.8 Å². The van der Waals surface area contributed by atoms with E-state index >= 15 is 0 Å². The summed E-state index contributed by atoms with van der Waals surface area (Å²) >= 11 is 5.77. The lowest BCUT2D eigenvalue weighted by atomic mass is 9.96. The van der Waals surface area contributed by atoms with E-state index in [1.54, 1.807) is 12.1 Å². The lowest BCUT2D eigenvalue weighted by molar-refractivity contribution is 0.0697. The number of hydrogen-bond acceptors (Lipinski definition) is 3. The molecular formula is C26H30N4O2S. The summed E-state index contributed by atoms with van der Waals surface area (Å²) in [7, 11) is 0. The first-order valence-electron chi connectivity index (χ1n) is 11.2. The van der Waals surface area contributed by atoms with Crippen LogP contribution >= 0.6 is 12.2 Å². The summed E-state index contributed by atoms with van der Waals surface area (Å²) in [5.41, 5.74) is 6.42. The molecule has 1 aromatic carbocycles. The minimum Gasteiger partial charge on any atom is -0.478 e. The number of nitrogens with one attached hydrogen (secondary N) is 1. The van der Waals surface area contributed by atoms with Crippen LogP contribution in [-0.2, 0) is 0 Å². The van der Waals surface area contributed by atoms with Gasteiger partial charge in [0.25, 0.3) is 0 Å². The van der Waals surface area contributed by atoms with Crippen LogP contribution < -0.4 is 5.32 Å². The smallest absolute Gasteiger partial charge is 0.335 e. The monoisotopic (exact) mass is 462 g/mol. The van der Waals surface area contributed by atoms with Crippen molar-refractivity contribution in [3.63, 3.8) is 0 Å². The van der Waals surface area contributed by atoms with Crippen LogP contribution in [0.25, 0.3) is 5.69 Å². The number of hydrogen-bond donors (Lipinski definition) is 2. The average molecular weight is 463 g/mol. The van der Waals surface area contributed by atoms with E-state index in [0.29, 0.717) is 5.92 Å². The highest BCUT2D eigenvalue weighted by Gasteiger charge is 2.41. The van der Waals surface area contributed by atoms with Crippen LogP contribution in [0.1, 0.15) is 64.5 Å². The summed E-state index contributed by atoms with van der Waals surface area (Å²) in [5.74, 6) is -0.490. The zero-order chi connectivity index (χ0) is 23.9. The maximum Gasteiger partial charge on any atom is 0.335 e. The molecule has 0 amide bonds. The zero-order valence-corrected chi connectivity index (χ0v) is 20.5. The summed E-state index contributed by atoms with van der Waals surface area (Å²) in [6, 6.07) is 13.3. The lowest BCUT2D eigenvalue weighted by Crippen LogP contribution is -2.33. The number of aromatic carboxylic acids is 1.